The van der Waals surface area contributed by atoms with Gasteiger partial charge in [0.1, 0.15) is 5.54 Å². The zero-order valence-electron chi connectivity index (χ0n) is 10.4. The Balaban J connectivity index is 2.06. The van der Waals surface area contributed by atoms with Crippen LogP contribution < -0.4 is 5.32 Å². The van der Waals surface area contributed by atoms with E-state index in [0.29, 0.717) is 18.8 Å². The minimum Gasteiger partial charge on any atom is -0.323 e. The molecule has 1 spiro atoms. The van der Waals surface area contributed by atoms with Gasteiger partial charge in [-0.1, -0.05) is 12.0 Å². The van der Waals surface area contributed by atoms with E-state index >= 15 is 0 Å². The lowest BCUT2D eigenvalue weighted by Gasteiger charge is -2.33. The lowest BCUT2D eigenvalue weighted by Crippen LogP contribution is -2.49. The van der Waals surface area contributed by atoms with Crippen LogP contribution in [0.25, 0.3) is 10.4 Å². The fraction of sp³-hybridized carbons (Fsp3) is 0.818. The van der Waals surface area contributed by atoms with E-state index in [9.17, 15) is 9.59 Å². The first kappa shape index (κ1) is 12.7. The third-order valence-electron chi connectivity index (χ3n) is 3.86. The van der Waals surface area contributed by atoms with Gasteiger partial charge in [-0.05, 0) is 37.1 Å². The van der Waals surface area contributed by atoms with Crippen LogP contribution in [0.3, 0.4) is 0 Å². The Hall–Kier alpha value is -1.75. The van der Waals surface area contributed by atoms with Gasteiger partial charge < -0.3 is 5.32 Å². The Bertz CT molecular complexity index is 408. The molecule has 1 aliphatic heterocycles. The van der Waals surface area contributed by atoms with Crippen molar-refractivity contribution in [1.82, 2.24) is 10.2 Å². The maximum absolute atomic E-state index is 12.3. The lowest BCUT2D eigenvalue weighted by molar-refractivity contribution is -0.132. The summed E-state index contributed by atoms with van der Waals surface area (Å²) in [4.78, 5) is 27.9. The highest BCUT2D eigenvalue weighted by atomic mass is 16.2. The van der Waals surface area contributed by atoms with Crippen LogP contribution in [0.1, 0.15) is 32.6 Å². The van der Waals surface area contributed by atoms with Gasteiger partial charge in [0.05, 0.1) is 0 Å². The van der Waals surface area contributed by atoms with Crippen molar-refractivity contribution in [2.24, 2.45) is 11.0 Å². The summed E-state index contributed by atoms with van der Waals surface area (Å²) in [5.74, 6) is 0.449. The first-order chi connectivity index (χ1) is 8.59. The fourth-order valence-electron chi connectivity index (χ4n) is 2.66. The predicted octanol–water partition coefficient (Wildman–Crippen LogP) is 1.80. The van der Waals surface area contributed by atoms with Crippen LogP contribution in [0.4, 0.5) is 4.79 Å². The monoisotopic (exact) mass is 251 g/mol. The molecular weight excluding hydrogens is 234 g/mol. The Morgan fingerprint density at radius 2 is 2.17 bits per heavy atom. The molecular formula is C11H17N5O2. The smallest absolute Gasteiger partial charge is 0.323 e. The summed E-state index contributed by atoms with van der Waals surface area (Å²) >= 11 is 0. The number of amides is 3. The van der Waals surface area contributed by atoms with Crippen LogP contribution in [0, 0.1) is 5.92 Å². The van der Waals surface area contributed by atoms with Gasteiger partial charge in [-0.2, -0.15) is 0 Å². The quantitative estimate of drug-likeness (QED) is 0.358. The van der Waals surface area contributed by atoms with Gasteiger partial charge in [0.25, 0.3) is 5.91 Å². The number of nitrogens with one attached hydrogen (secondary N) is 1. The molecule has 0 aromatic heterocycles. The highest BCUT2D eigenvalue weighted by Crippen LogP contribution is 2.36. The molecule has 18 heavy (non-hydrogen) atoms. The third-order valence-corrected chi connectivity index (χ3v) is 3.86. The average molecular weight is 251 g/mol. The van der Waals surface area contributed by atoms with Crippen LogP contribution in [0.2, 0.25) is 0 Å². The summed E-state index contributed by atoms with van der Waals surface area (Å²) in [5, 5.41) is 6.18. The molecule has 98 valence electrons. The minimum atomic E-state index is -0.694. The number of hydrogen-bond acceptors (Lipinski definition) is 3. The molecule has 0 aromatic carbocycles. The number of imide groups is 1. The zero-order valence-corrected chi connectivity index (χ0v) is 10.4. The lowest BCUT2D eigenvalue weighted by atomic mass is 9.77. The van der Waals surface area contributed by atoms with Crippen LogP contribution in [0.5, 0.6) is 0 Å². The van der Waals surface area contributed by atoms with Gasteiger partial charge in [-0.3, -0.25) is 9.69 Å². The van der Waals surface area contributed by atoms with Crippen LogP contribution in [0.15, 0.2) is 5.11 Å². The topological polar surface area (TPSA) is 98.2 Å². The molecule has 2 fully saturated rings. The first-order valence-corrected chi connectivity index (χ1v) is 6.24. The molecule has 7 nitrogen and oxygen atoms in total. The maximum atomic E-state index is 12.3. The number of carbonyl (C=O) groups excluding carboxylic acids is 2. The highest BCUT2D eigenvalue weighted by Gasteiger charge is 2.51. The number of carbonyl (C=O) groups is 2. The van der Waals surface area contributed by atoms with E-state index in [1.807, 2.05) is 0 Å². The van der Waals surface area contributed by atoms with E-state index in [-0.39, 0.29) is 25.0 Å². The molecule has 7 heteroatoms. The molecule has 0 radical (unpaired) electrons. The van der Waals surface area contributed by atoms with Gasteiger partial charge in [0.15, 0.2) is 0 Å². The molecule has 2 aliphatic rings. The van der Waals surface area contributed by atoms with Crippen molar-refractivity contribution in [3.05, 3.63) is 10.4 Å². The van der Waals surface area contributed by atoms with E-state index in [0.717, 1.165) is 12.8 Å². The maximum Gasteiger partial charge on any atom is 0.325 e. The van der Waals surface area contributed by atoms with E-state index in [4.69, 9.17) is 5.53 Å². The summed E-state index contributed by atoms with van der Waals surface area (Å²) in [6.45, 7) is 2.45. The molecule has 0 unspecified atom stereocenters. The molecule has 0 atom stereocenters. The van der Waals surface area contributed by atoms with Crippen molar-refractivity contribution in [2.75, 3.05) is 13.1 Å². The average Bonchev–Trinajstić information content (AvgIpc) is 2.58. The van der Waals surface area contributed by atoms with Crippen molar-refractivity contribution in [1.29, 1.82) is 0 Å². The van der Waals surface area contributed by atoms with Crippen LogP contribution >= 0.6 is 0 Å². The van der Waals surface area contributed by atoms with Crippen LogP contribution in [-0.2, 0) is 4.79 Å². The van der Waals surface area contributed by atoms with Gasteiger partial charge in [-0.15, -0.1) is 0 Å². The molecule has 1 saturated carbocycles. The van der Waals surface area contributed by atoms with Gasteiger partial charge in [-0.25, -0.2) is 4.79 Å². The van der Waals surface area contributed by atoms with Crippen molar-refractivity contribution in [3.8, 4) is 0 Å². The predicted molar refractivity (Wildman–Crippen MR) is 64.6 cm³/mol. The van der Waals surface area contributed by atoms with Crippen LogP contribution in [-0.4, -0.2) is 35.5 Å². The molecule has 1 saturated heterocycles. The molecule has 1 aliphatic carbocycles. The minimum absolute atomic E-state index is 0.127. The Labute approximate surface area is 105 Å². The highest BCUT2D eigenvalue weighted by molar-refractivity contribution is 6.07. The molecule has 1 N–H and O–H groups in total. The summed E-state index contributed by atoms with van der Waals surface area (Å²) in [6, 6.07) is -0.359. The molecule has 0 aromatic rings. The Morgan fingerprint density at radius 1 is 1.50 bits per heavy atom. The summed E-state index contributed by atoms with van der Waals surface area (Å²) < 4.78 is 0. The number of urea groups is 1. The van der Waals surface area contributed by atoms with E-state index < -0.39 is 5.54 Å². The SMILES string of the molecule is CC1CCC2(CC1)NC(=O)N(CCN=[N+]=[N-])C2=O. The van der Waals surface area contributed by atoms with Crippen molar-refractivity contribution in [3.63, 3.8) is 0 Å². The third kappa shape index (κ3) is 2.13. The second-order valence-corrected chi connectivity index (χ2v) is 5.11. The van der Waals surface area contributed by atoms with E-state index in [1.54, 1.807) is 0 Å². The number of nitrogens with zero attached hydrogens (tertiary/aromatic N) is 4. The van der Waals surface area contributed by atoms with E-state index in [2.05, 4.69) is 22.3 Å². The second kappa shape index (κ2) is 4.86. The summed E-state index contributed by atoms with van der Waals surface area (Å²) in [7, 11) is 0. The van der Waals surface area contributed by atoms with Crippen molar-refractivity contribution < 1.29 is 9.59 Å². The van der Waals surface area contributed by atoms with E-state index in [1.165, 1.54) is 4.90 Å². The molecule has 3 amide bonds. The normalized spacial score (nSPS) is 31.4. The van der Waals surface area contributed by atoms with Gasteiger partial charge in [0, 0.05) is 18.0 Å². The standard InChI is InChI=1S/C11H17N5O2/c1-8-2-4-11(5-3-8)9(17)16(10(18)14-11)7-6-13-15-12/h8H,2-7H2,1H3,(H,14,18). The second-order valence-electron chi connectivity index (χ2n) is 5.11. The van der Waals surface area contributed by atoms with Crippen molar-refractivity contribution in [2.45, 2.75) is 38.1 Å². The van der Waals surface area contributed by atoms with Gasteiger partial charge in [0.2, 0.25) is 0 Å². The number of rotatable bonds is 3. The fourth-order valence-corrected chi connectivity index (χ4v) is 2.66. The largest absolute Gasteiger partial charge is 0.325 e. The number of azide groups is 1. The van der Waals surface area contributed by atoms with Gasteiger partial charge >= 0.3 is 6.03 Å². The number of hydrogen-bond donors (Lipinski definition) is 1. The first-order valence-electron chi connectivity index (χ1n) is 6.24. The zero-order chi connectivity index (χ0) is 13.2. The molecule has 2 rings (SSSR count). The molecule has 0 bridgehead atoms. The Kier molecular flexibility index (Phi) is 3.43. The Morgan fingerprint density at radius 3 is 2.78 bits per heavy atom. The summed E-state index contributed by atoms with van der Waals surface area (Å²) in [5.41, 5.74) is 7.50. The summed E-state index contributed by atoms with van der Waals surface area (Å²) in [6.07, 6.45) is 3.32. The van der Waals surface area contributed by atoms with Crippen molar-refractivity contribution >= 4 is 11.9 Å². The molecule has 1 heterocycles.